The van der Waals surface area contributed by atoms with Crippen LogP contribution in [0.15, 0.2) is 41.2 Å². The molecule has 2 rings (SSSR count). The predicted octanol–water partition coefficient (Wildman–Crippen LogP) is 3.66. The molecule has 0 spiro atoms. The average molecular weight is 216 g/mol. The summed E-state index contributed by atoms with van der Waals surface area (Å²) in [4.78, 5) is 0.852. The molecule has 0 radical (unpaired) electrons. The van der Waals surface area contributed by atoms with E-state index in [1.54, 1.807) is 12.5 Å². The molecule has 1 aromatic carbocycles. The van der Waals surface area contributed by atoms with Crippen molar-refractivity contribution in [1.82, 2.24) is 0 Å². The highest BCUT2D eigenvalue weighted by atomic mass is 32.1. The van der Waals surface area contributed by atoms with Crippen molar-refractivity contribution in [2.45, 2.75) is 13.8 Å². The standard InChI is InChI=1S/C13H12OS/c1-9-3-4-10(2)12(7-9)13(15)11-5-6-14-8-11/h3-8H,1-2H3. The third-order valence-corrected chi connectivity index (χ3v) is 2.88. The third-order valence-electron chi connectivity index (χ3n) is 2.42. The number of thiocarbonyl (C=S) groups is 1. The van der Waals surface area contributed by atoms with E-state index < -0.39 is 0 Å². The molecule has 2 aromatic rings. The Morgan fingerprint density at radius 1 is 1.20 bits per heavy atom. The van der Waals surface area contributed by atoms with E-state index in [1.807, 2.05) is 6.07 Å². The Hall–Kier alpha value is -1.41. The van der Waals surface area contributed by atoms with Crippen LogP contribution in [0.2, 0.25) is 0 Å². The summed E-state index contributed by atoms with van der Waals surface area (Å²) in [7, 11) is 0. The highest BCUT2D eigenvalue weighted by Gasteiger charge is 2.08. The van der Waals surface area contributed by atoms with Gasteiger partial charge < -0.3 is 4.42 Å². The summed E-state index contributed by atoms with van der Waals surface area (Å²) < 4.78 is 5.04. The van der Waals surface area contributed by atoms with Crippen LogP contribution < -0.4 is 0 Å². The molecule has 0 N–H and O–H groups in total. The fraction of sp³-hybridized carbons (Fsp3) is 0.154. The van der Waals surface area contributed by atoms with Gasteiger partial charge in [0.05, 0.1) is 17.4 Å². The van der Waals surface area contributed by atoms with Crippen LogP contribution in [0.4, 0.5) is 0 Å². The van der Waals surface area contributed by atoms with Crippen molar-refractivity contribution in [1.29, 1.82) is 0 Å². The Morgan fingerprint density at radius 2 is 2.00 bits per heavy atom. The molecule has 0 aliphatic rings. The van der Waals surface area contributed by atoms with Crippen molar-refractivity contribution in [3.8, 4) is 0 Å². The van der Waals surface area contributed by atoms with Crippen LogP contribution in [0.25, 0.3) is 0 Å². The fourth-order valence-corrected chi connectivity index (χ4v) is 1.87. The van der Waals surface area contributed by atoms with Crippen LogP contribution in [-0.4, -0.2) is 4.86 Å². The van der Waals surface area contributed by atoms with Gasteiger partial charge in [0.25, 0.3) is 0 Å². The summed E-state index contributed by atoms with van der Waals surface area (Å²) in [5.74, 6) is 0. The van der Waals surface area contributed by atoms with E-state index in [0.717, 1.165) is 16.0 Å². The first-order valence-electron chi connectivity index (χ1n) is 4.82. The Morgan fingerprint density at radius 3 is 2.67 bits per heavy atom. The maximum absolute atomic E-state index is 5.43. The van der Waals surface area contributed by atoms with Crippen LogP contribution in [0.3, 0.4) is 0 Å². The molecule has 0 unspecified atom stereocenters. The number of furan rings is 1. The Bertz CT molecular complexity index is 483. The average Bonchev–Trinajstić information content (AvgIpc) is 2.74. The van der Waals surface area contributed by atoms with E-state index in [4.69, 9.17) is 16.6 Å². The Balaban J connectivity index is 2.46. The number of hydrogen-bond acceptors (Lipinski definition) is 2. The molecule has 0 bridgehead atoms. The van der Waals surface area contributed by atoms with Crippen LogP contribution in [-0.2, 0) is 0 Å². The lowest BCUT2D eigenvalue weighted by Crippen LogP contribution is -2.01. The second kappa shape index (κ2) is 3.99. The minimum atomic E-state index is 0.852. The summed E-state index contributed by atoms with van der Waals surface area (Å²) in [5, 5.41) is 0. The zero-order valence-corrected chi connectivity index (χ0v) is 9.60. The van der Waals surface area contributed by atoms with E-state index >= 15 is 0 Å². The van der Waals surface area contributed by atoms with Crippen molar-refractivity contribution in [2.24, 2.45) is 0 Å². The molecule has 0 saturated carbocycles. The fourth-order valence-electron chi connectivity index (χ4n) is 1.53. The molecular formula is C13H12OS. The summed E-state index contributed by atoms with van der Waals surface area (Å²) >= 11 is 5.43. The zero-order valence-electron chi connectivity index (χ0n) is 8.78. The van der Waals surface area contributed by atoms with Gasteiger partial charge in [-0.2, -0.15) is 0 Å². The molecule has 15 heavy (non-hydrogen) atoms. The van der Waals surface area contributed by atoms with E-state index in [-0.39, 0.29) is 0 Å². The number of rotatable bonds is 2. The van der Waals surface area contributed by atoms with Crippen LogP contribution >= 0.6 is 12.2 Å². The first-order chi connectivity index (χ1) is 7.18. The number of benzene rings is 1. The van der Waals surface area contributed by atoms with Gasteiger partial charge in [0.15, 0.2) is 0 Å². The smallest absolute Gasteiger partial charge is 0.0989 e. The molecule has 1 nitrogen and oxygen atoms in total. The molecule has 2 heteroatoms. The van der Waals surface area contributed by atoms with Gasteiger partial charge >= 0.3 is 0 Å². The highest BCUT2D eigenvalue weighted by Crippen LogP contribution is 2.17. The van der Waals surface area contributed by atoms with Crippen molar-refractivity contribution < 1.29 is 4.42 Å². The molecule has 0 atom stereocenters. The highest BCUT2D eigenvalue weighted by molar-refractivity contribution is 7.81. The quantitative estimate of drug-likeness (QED) is 0.561. The van der Waals surface area contributed by atoms with Crippen molar-refractivity contribution >= 4 is 17.1 Å². The molecule has 0 fully saturated rings. The van der Waals surface area contributed by atoms with Crippen LogP contribution in [0, 0.1) is 13.8 Å². The SMILES string of the molecule is Cc1ccc(C)c(C(=S)c2ccoc2)c1. The summed E-state index contributed by atoms with van der Waals surface area (Å²) in [6.45, 7) is 4.14. The van der Waals surface area contributed by atoms with Gasteiger partial charge in [-0.3, -0.25) is 0 Å². The normalized spacial score (nSPS) is 10.3. The minimum Gasteiger partial charge on any atom is -0.472 e. The van der Waals surface area contributed by atoms with Gasteiger partial charge in [0, 0.05) is 5.56 Å². The number of hydrogen-bond donors (Lipinski definition) is 0. The van der Waals surface area contributed by atoms with Crippen molar-refractivity contribution in [2.75, 3.05) is 0 Å². The first kappa shape index (κ1) is 10.1. The molecule has 0 aliphatic carbocycles. The largest absolute Gasteiger partial charge is 0.472 e. The van der Waals surface area contributed by atoms with E-state index in [2.05, 4.69) is 32.0 Å². The number of aryl methyl sites for hydroxylation is 2. The second-order valence-corrected chi connectivity index (χ2v) is 4.07. The topological polar surface area (TPSA) is 13.1 Å². The summed E-state index contributed by atoms with van der Waals surface area (Å²) in [6, 6.07) is 8.20. The van der Waals surface area contributed by atoms with E-state index in [1.165, 1.54) is 11.1 Å². The van der Waals surface area contributed by atoms with E-state index in [9.17, 15) is 0 Å². The van der Waals surface area contributed by atoms with Gasteiger partial charge in [-0.05, 0) is 31.0 Å². The maximum atomic E-state index is 5.43. The van der Waals surface area contributed by atoms with Crippen LogP contribution in [0.5, 0.6) is 0 Å². The Labute approximate surface area is 94.7 Å². The lowest BCUT2D eigenvalue weighted by atomic mass is 10.00. The van der Waals surface area contributed by atoms with E-state index in [0.29, 0.717) is 0 Å². The van der Waals surface area contributed by atoms with Crippen molar-refractivity contribution in [3.05, 3.63) is 59.0 Å². The third kappa shape index (κ3) is 2.00. The first-order valence-corrected chi connectivity index (χ1v) is 5.23. The van der Waals surface area contributed by atoms with Crippen molar-refractivity contribution in [3.63, 3.8) is 0 Å². The monoisotopic (exact) mass is 216 g/mol. The Kier molecular flexibility index (Phi) is 2.69. The molecule has 0 saturated heterocycles. The molecule has 1 aromatic heterocycles. The lowest BCUT2D eigenvalue weighted by Gasteiger charge is -2.06. The maximum Gasteiger partial charge on any atom is 0.0989 e. The molecular weight excluding hydrogens is 204 g/mol. The van der Waals surface area contributed by atoms with Gasteiger partial charge in [0.1, 0.15) is 0 Å². The predicted molar refractivity (Wildman–Crippen MR) is 65.4 cm³/mol. The lowest BCUT2D eigenvalue weighted by molar-refractivity contribution is 0.567. The molecule has 0 amide bonds. The van der Waals surface area contributed by atoms with Gasteiger partial charge in [-0.25, -0.2) is 0 Å². The molecule has 1 heterocycles. The van der Waals surface area contributed by atoms with Gasteiger partial charge in [0.2, 0.25) is 0 Å². The molecule has 76 valence electrons. The second-order valence-electron chi connectivity index (χ2n) is 3.66. The molecule has 0 aliphatic heterocycles. The van der Waals surface area contributed by atoms with Gasteiger partial charge in [-0.1, -0.05) is 36.0 Å². The summed E-state index contributed by atoms with van der Waals surface area (Å²) in [6.07, 6.45) is 3.33. The minimum absolute atomic E-state index is 0.852. The summed E-state index contributed by atoms with van der Waals surface area (Å²) in [5.41, 5.74) is 4.51. The van der Waals surface area contributed by atoms with Gasteiger partial charge in [-0.15, -0.1) is 0 Å². The van der Waals surface area contributed by atoms with Crippen LogP contribution in [0.1, 0.15) is 22.3 Å². The zero-order chi connectivity index (χ0) is 10.8.